The van der Waals surface area contributed by atoms with Gasteiger partial charge in [-0.2, -0.15) is 0 Å². The van der Waals surface area contributed by atoms with Crippen molar-refractivity contribution < 1.29 is 14.4 Å². The van der Waals surface area contributed by atoms with Crippen molar-refractivity contribution in [2.24, 2.45) is 5.41 Å². The van der Waals surface area contributed by atoms with Gasteiger partial charge in [0.15, 0.2) is 0 Å². The highest BCUT2D eigenvalue weighted by Crippen LogP contribution is 2.21. The minimum atomic E-state index is -0.554. The zero-order chi connectivity index (χ0) is 16.2. The van der Waals surface area contributed by atoms with Gasteiger partial charge in [-0.15, -0.1) is 0 Å². The monoisotopic (exact) mass is 291 g/mol. The fourth-order valence-electron chi connectivity index (χ4n) is 1.48. The Hall–Kier alpha value is -2.37. The molecule has 0 unspecified atom stereocenters. The molecule has 0 aromatic heterocycles. The Bertz CT molecular complexity index is 574. The molecule has 1 rings (SSSR count). The number of rotatable bonds is 4. The molecule has 114 valence electrons. The fourth-order valence-corrected chi connectivity index (χ4v) is 1.48. The number of ketones is 1. The average molecular weight is 291 g/mol. The number of anilines is 2. The van der Waals surface area contributed by atoms with Gasteiger partial charge in [-0.05, 0) is 25.1 Å². The van der Waals surface area contributed by atoms with E-state index in [1.54, 1.807) is 26.8 Å². The number of hydrogen-bond acceptors (Lipinski definition) is 4. The van der Waals surface area contributed by atoms with Gasteiger partial charge in [0.25, 0.3) is 5.91 Å². The molecule has 6 heteroatoms. The van der Waals surface area contributed by atoms with Crippen LogP contribution in [-0.2, 0) is 9.59 Å². The Kier molecular flexibility index (Phi) is 5.07. The zero-order valence-electron chi connectivity index (χ0n) is 12.7. The van der Waals surface area contributed by atoms with Gasteiger partial charge in [0.1, 0.15) is 5.78 Å². The first kappa shape index (κ1) is 16.7. The Balaban J connectivity index is 2.92. The lowest BCUT2D eigenvalue weighted by atomic mass is 9.95. The lowest BCUT2D eigenvalue weighted by molar-refractivity contribution is -0.123. The molecule has 0 spiro atoms. The summed E-state index contributed by atoms with van der Waals surface area (Å²) in [7, 11) is 0. The van der Waals surface area contributed by atoms with Gasteiger partial charge in [-0.25, -0.2) is 0 Å². The number of carbonyl (C=O) groups is 3. The van der Waals surface area contributed by atoms with Crippen LogP contribution in [0.25, 0.3) is 0 Å². The van der Waals surface area contributed by atoms with Crippen molar-refractivity contribution in [3.8, 4) is 0 Å². The molecule has 0 saturated carbocycles. The van der Waals surface area contributed by atoms with Crippen molar-refractivity contribution >= 4 is 29.0 Å². The quantitative estimate of drug-likeness (QED) is 0.733. The largest absolute Gasteiger partial charge is 0.399 e. The Morgan fingerprint density at radius 1 is 1.14 bits per heavy atom. The van der Waals surface area contributed by atoms with Gasteiger partial charge in [0.05, 0.1) is 6.54 Å². The third-order valence-electron chi connectivity index (χ3n) is 2.65. The molecular weight excluding hydrogens is 270 g/mol. The molecule has 1 aromatic rings. The highest BCUT2D eigenvalue weighted by atomic mass is 16.2. The van der Waals surface area contributed by atoms with Crippen molar-refractivity contribution in [1.29, 1.82) is 0 Å². The van der Waals surface area contributed by atoms with Crippen molar-refractivity contribution in [2.75, 3.05) is 17.6 Å². The highest BCUT2D eigenvalue weighted by Gasteiger charge is 2.21. The van der Waals surface area contributed by atoms with Crippen LogP contribution in [0.4, 0.5) is 11.4 Å². The van der Waals surface area contributed by atoms with Crippen LogP contribution in [-0.4, -0.2) is 24.1 Å². The summed E-state index contributed by atoms with van der Waals surface area (Å²) in [4.78, 5) is 34.7. The van der Waals surface area contributed by atoms with Crippen LogP contribution in [0.5, 0.6) is 0 Å². The predicted molar refractivity (Wildman–Crippen MR) is 82.0 cm³/mol. The first-order valence-corrected chi connectivity index (χ1v) is 6.59. The number of nitrogens with two attached hydrogens (primary N) is 1. The zero-order valence-corrected chi connectivity index (χ0v) is 12.7. The lowest BCUT2D eigenvalue weighted by Crippen LogP contribution is -2.29. The first-order valence-electron chi connectivity index (χ1n) is 6.59. The van der Waals surface area contributed by atoms with E-state index in [4.69, 9.17) is 5.73 Å². The molecule has 0 radical (unpaired) electrons. The summed E-state index contributed by atoms with van der Waals surface area (Å²) >= 11 is 0. The molecule has 0 heterocycles. The maximum atomic E-state index is 11.9. The summed E-state index contributed by atoms with van der Waals surface area (Å²) in [5, 5.41) is 5.20. The molecule has 2 amide bonds. The normalized spacial score (nSPS) is 10.9. The molecule has 0 aliphatic heterocycles. The first-order chi connectivity index (χ1) is 9.59. The second kappa shape index (κ2) is 6.39. The fraction of sp³-hybridized carbons (Fsp3) is 0.400. The SMILES string of the molecule is CC(=O)CNC(=O)c1cc(N)cc(NC(=O)C(C)(C)C)c1. The summed E-state index contributed by atoms with van der Waals surface area (Å²) < 4.78 is 0. The minimum absolute atomic E-state index is 0.0443. The van der Waals surface area contributed by atoms with Gasteiger partial charge in [0.2, 0.25) is 5.91 Å². The topological polar surface area (TPSA) is 101 Å². The van der Waals surface area contributed by atoms with Crippen LogP contribution in [0.1, 0.15) is 38.1 Å². The van der Waals surface area contributed by atoms with E-state index in [1.807, 2.05) is 0 Å². The number of nitrogens with one attached hydrogen (secondary N) is 2. The van der Waals surface area contributed by atoms with E-state index in [1.165, 1.54) is 19.1 Å². The third-order valence-corrected chi connectivity index (χ3v) is 2.65. The predicted octanol–water partition coefficient (Wildman–Crippen LogP) is 1.57. The average Bonchev–Trinajstić information content (AvgIpc) is 2.33. The molecule has 0 fully saturated rings. The molecular formula is C15H21N3O3. The van der Waals surface area contributed by atoms with Crippen LogP contribution in [0, 0.1) is 5.41 Å². The van der Waals surface area contributed by atoms with Crippen LogP contribution in [0.3, 0.4) is 0 Å². The molecule has 0 aliphatic carbocycles. The lowest BCUT2D eigenvalue weighted by Gasteiger charge is -2.18. The van der Waals surface area contributed by atoms with E-state index < -0.39 is 11.3 Å². The molecule has 0 bridgehead atoms. The van der Waals surface area contributed by atoms with Crippen molar-refractivity contribution in [1.82, 2.24) is 5.32 Å². The second-order valence-corrected chi connectivity index (χ2v) is 5.93. The molecule has 4 N–H and O–H groups in total. The van der Waals surface area contributed by atoms with Crippen LogP contribution in [0.15, 0.2) is 18.2 Å². The maximum Gasteiger partial charge on any atom is 0.251 e. The summed E-state index contributed by atoms with van der Waals surface area (Å²) in [6.45, 7) is 6.70. The third kappa shape index (κ3) is 5.25. The van der Waals surface area contributed by atoms with Gasteiger partial charge in [-0.3, -0.25) is 14.4 Å². The van der Waals surface area contributed by atoms with Crippen molar-refractivity contribution in [3.63, 3.8) is 0 Å². The molecule has 0 atom stereocenters. The van der Waals surface area contributed by atoms with Gasteiger partial charge in [-0.1, -0.05) is 20.8 Å². The molecule has 0 aliphatic rings. The summed E-state index contributed by atoms with van der Waals surface area (Å²) in [5.74, 6) is -0.736. The number of carbonyl (C=O) groups excluding carboxylic acids is 3. The van der Waals surface area contributed by atoms with E-state index in [-0.39, 0.29) is 18.2 Å². The number of nitrogen functional groups attached to an aromatic ring is 1. The Morgan fingerprint density at radius 2 is 1.76 bits per heavy atom. The van der Waals surface area contributed by atoms with Crippen LogP contribution in [0.2, 0.25) is 0 Å². The van der Waals surface area contributed by atoms with Gasteiger partial charge in [0, 0.05) is 22.4 Å². The van der Waals surface area contributed by atoms with Crippen molar-refractivity contribution in [2.45, 2.75) is 27.7 Å². The molecule has 1 aromatic carbocycles. The molecule has 6 nitrogen and oxygen atoms in total. The number of amides is 2. The smallest absolute Gasteiger partial charge is 0.251 e. The number of benzene rings is 1. The highest BCUT2D eigenvalue weighted by molar-refractivity contribution is 6.00. The Morgan fingerprint density at radius 3 is 2.29 bits per heavy atom. The van der Waals surface area contributed by atoms with E-state index in [0.29, 0.717) is 16.9 Å². The van der Waals surface area contributed by atoms with E-state index >= 15 is 0 Å². The van der Waals surface area contributed by atoms with Crippen molar-refractivity contribution in [3.05, 3.63) is 23.8 Å². The minimum Gasteiger partial charge on any atom is -0.399 e. The molecule has 0 saturated heterocycles. The van der Waals surface area contributed by atoms with E-state index in [0.717, 1.165) is 0 Å². The van der Waals surface area contributed by atoms with E-state index in [9.17, 15) is 14.4 Å². The number of Topliss-reactive ketones (excluding diaryl/α,β-unsaturated/α-hetero) is 1. The van der Waals surface area contributed by atoms with Gasteiger partial charge < -0.3 is 16.4 Å². The summed E-state index contributed by atoms with van der Waals surface area (Å²) in [5.41, 5.74) is 6.28. The summed E-state index contributed by atoms with van der Waals surface area (Å²) in [6, 6.07) is 4.59. The van der Waals surface area contributed by atoms with Gasteiger partial charge >= 0.3 is 0 Å². The number of hydrogen-bond donors (Lipinski definition) is 3. The summed E-state index contributed by atoms with van der Waals surface area (Å²) in [6.07, 6.45) is 0. The Labute approximate surface area is 124 Å². The van der Waals surface area contributed by atoms with Crippen LogP contribution >= 0.6 is 0 Å². The van der Waals surface area contributed by atoms with Crippen LogP contribution < -0.4 is 16.4 Å². The second-order valence-electron chi connectivity index (χ2n) is 5.93. The van der Waals surface area contributed by atoms with E-state index in [2.05, 4.69) is 10.6 Å². The molecule has 21 heavy (non-hydrogen) atoms. The maximum absolute atomic E-state index is 11.9. The standard InChI is InChI=1S/C15H21N3O3/c1-9(19)8-17-13(20)10-5-11(16)7-12(6-10)18-14(21)15(2,3)4/h5-7H,8,16H2,1-4H3,(H,17,20)(H,18,21).